The largest absolute Gasteiger partial charge is 0.457 e. The molecule has 0 amide bonds. The van der Waals surface area contributed by atoms with Crippen LogP contribution < -0.4 is 4.74 Å². The van der Waals surface area contributed by atoms with Crippen LogP contribution in [0.4, 0.5) is 13.2 Å². The van der Waals surface area contributed by atoms with Crippen LogP contribution in [0.5, 0.6) is 11.5 Å². The lowest BCUT2D eigenvalue weighted by Gasteiger charge is -2.09. The van der Waals surface area contributed by atoms with Crippen LogP contribution in [0.15, 0.2) is 48.5 Å². The summed E-state index contributed by atoms with van der Waals surface area (Å²) < 4.78 is 42.7. The van der Waals surface area contributed by atoms with Gasteiger partial charge in [0.15, 0.2) is 0 Å². The molecular formula is C15H10F3NO4. The van der Waals surface area contributed by atoms with Crippen LogP contribution in [0.1, 0.15) is 15.9 Å². The van der Waals surface area contributed by atoms with Crippen LogP contribution >= 0.6 is 0 Å². The van der Waals surface area contributed by atoms with E-state index in [1.807, 2.05) is 0 Å². The maximum Gasteiger partial charge on any atom is 0.416 e. The number of halogens is 3. The lowest BCUT2D eigenvalue weighted by atomic mass is 10.1. The third-order valence-electron chi connectivity index (χ3n) is 2.85. The average Bonchev–Trinajstić information content (AvgIpc) is 2.46. The monoisotopic (exact) mass is 325 g/mol. The van der Waals surface area contributed by atoms with Crippen LogP contribution in [0, 0.1) is 10.1 Å². The van der Waals surface area contributed by atoms with E-state index < -0.39 is 29.0 Å². The first-order valence-electron chi connectivity index (χ1n) is 6.36. The molecule has 2 aromatic carbocycles. The molecule has 0 unspecified atom stereocenters. The first kappa shape index (κ1) is 16.5. The molecular weight excluding hydrogens is 315 g/mol. The minimum absolute atomic E-state index is 0.0890. The highest BCUT2D eigenvalue weighted by Crippen LogP contribution is 2.31. The molecule has 0 radical (unpaired) electrons. The molecule has 0 saturated carbocycles. The van der Waals surface area contributed by atoms with Gasteiger partial charge in [0.05, 0.1) is 5.56 Å². The fraction of sp³-hybridized carbons (Fsp3) is 0.133. The van der Waals surface area contributed by atoms with Crippen molar-refractivity contribution in [2.75, 3.05) is 6.54 Å². The first-order chi connectivity index (χ1) is 10.8. The van der Waals surface area contributed by atoms with Gasteiger partial charge in [0.1, 0.15) is 11.5 Å². The molecule has 0 aliphatic heterocycles. The van der Waals surface area contributed by atoms with E-state index in [9.17, 15) is 28.1 Å². The SMILES string of the molecule is O=C(C[N+](=O)[O-])c1cccc(Oc2ccc(C(F)(F)F)cc2)c1. The van der Waals surface area contributed by atoms with Crippen molar-refractivity contribution < 1.29 is 27.6 Å². The van der Waals surface area contributed by atoms with Crippen LogP contribution in [-0.2, 0) is 6.18 Å². The number of Topliss-reactive ketones (excluding diaryl/α,β-unsaturated/α-hetero) is 1. The Morgan fingerprint density at radius 2 is 1.74 bits per heavy atom. The third kappa shape index (κ3) is 4.53. The zero-order valence-electron chi connectivity index (χ0n) is 11.5. The van der Waals surface area contributed by atoms with E-state index in [-0.39, 0.29) is 17.1 Å². The van der Waals surface area contributed by atoms with Crippen LogP contribution in [0.3, 0.4) is 0 Å². The summed E-state index contributed by atoms with van der Waals surface area (Å²) in [5.41, 5.74) is -0.717. The Balaban J connectivity index is 2.14. The Bertz CT molecular complexity index is 726. The standard InChI is InChI=1S/C15H10F3NO4/c16-15(17,18)11-4-6-12(7-5-11)23-13-3-1-2-10(8-13)14(20)9-19(21)22/h1-8H,9H2. The molecule has 5 nitrogen and oxygen atoms in total. The maximum absolute atomic E-state index is 12.5. The summed E-state index contributed by atoms with van der Waals surface area (Å²) in [6, 6.07) is 9.68. The van der Waals surface area contributed by atoms with E-state index in [4.69, 9.17) is 4.74 Å². The lowest BCUT2D eigenvalue weighted by Crippen LogP contribution is -2.13. The number of benzene rings is 2. The van der Waals surface area contributed by atoms with Crippen molar-refractivity contribution in [3.8, 4) is 11.5 Å². The van der Waals surface area contributed by atoms with Crippen molar-refractivity contribution in [3.63, 3.8) is 0 Å². The van der Waals surface area contributed by atoms with Gasteiger partial charge in [-0.25, -0.2) is 0 Å². The number of hydrogen-bond acceptors (Lipinski definition) is 4. The highest BCUT2D eigenvalue weighted by Gasteiger charge is 2.30. The second-order valence-electron chi connectivity index (χ2n) is 4.57. The second-order valence-corrected chi connectivity index (χ2v) is 4.57. The average molecular weight is 325 g/mol. The molecule has 0 aromatic heterocycles. The quantitative estimate of drug-likeness (QED) is 0.474. The molecule has 2 aromatic rings. The lowest BCUT2D eigenvalue weighted by molar-refractivity contribution is -0.465. The Morgan fingerprint density at radius 3 is 2.30 bits per heavy atom. The Hall–Kier alpha value is -2.90. The molecule has 0 aliphatic carbocycles. The van der Waals surface area contributed by atoms with E-state index in [0.29, 0.717) is 0 Å². The van der Waals surface area contributed by atoms with Crippen molar-refractivity contribution in [2.45, 2.75) is 6.18 Å². The third-order valence-corrected chi connectivity index (χ3v) is 2.85. The number of ether oxygens (including phenoxy) is 1. The first-order valence-corrected chi connectivity index (χ1v) is 6.36. The van der Waals surface area contributed by atoms with Crippen molar-refractivity contribution in [3.05, 3.63) is 69.8 Å². The van der Waals surface area contributed by atoms with E-state index >= 15 is 0 Å². The number of carbonyl (C=O) groups is 1. The summed E-state index contributed by atoms with van der Waals surface area (Å²) >= 11 is 0. The number of alkyl halides is 3. The summed E-state index contributed by atoms with van der Waals surface area (Å²) in [7, 11) is 0. The predicted molar refractivity (Wildman–Crippen MR) is 74.2 cm³/mol. The summed E-state index contributed by atoms with van der Waals surface area (Å²) in [6.07, 6.45) is -4.44. The summed E-state index contributed by atoms with van der Waals surface area (Å²) in [5, 5.41) is 10.3. The fourth-order valence-corrected chi connectivity index (χ4v) is 1.79. The van der Waals surface area contributed by atoms with Gasteiger partial charge in [-0.05, 0) is 36.4 Å². The summed E-state index contributed by atoms with van der Waals surface area (Å²) in [4.78, 5) is 21.2. The number of ketones is 1. The van der Waals surface area contributed by atoms with E-state index in [1.165, 1.54) is 24.3 Å². The van der Waals surface area contributed by atoms with Crippen molar-refractivity contribution in [1.82, 2.24) is 0 Å². The molecule has 0 spiro atoms. The van der Waals surface area contributed by atoms with Gasteiger partial charge in [-0.3, -0.25) is 14.9 Å². The molecule has 0 aliphatic rings. The molecule has 23 heavy (non-hydrogen) atoms. The Labute approximate surface area is 128 Å². The van der Waals surface area contributed by atoms with Crippen LogP contribution in [0.2, 0.25) is 0 Å². The molecule has 0 atom stereocenters. The van der Waals surface area contributed by atoms with Crippen molar-refractivity contribution >= 4 is 5.78 Å². The minimum atomic E-state index is -4.44. The Morgan fingerprint density at radius 1 is 1.09 bits per heavy atom. The van der Waals surface area contributed by atoms with Gasteiger partial charge in [-0.1, -0.05) is 12.1 Å². The van der Waals surface area contributed by atoms with Crippen LogP contribution in [-0.4, -0.2) is 17.3 Å². The fourth-order valence-electron chi connectivity index (χ4n) is 1.79. The number of carbonyl (C=O) groups excluding carboxylic acids is 1. The topological polar surface area (TPSA) is 69.4 Å². The van der Waals surface area contributed by atoms with Gasteiger partial charge in [0.25, 0.3) is 6.54 Å². The molecule has 0 bridgehead atoms. The number of rotatable bonds is 5. The highest BCUT2D eigenvalue weighted by atomic mass is 19.4. The molecule has 8 heteroatoms. The zero-order chi connectivity index (χ0) is 17.0. The zero-order valence-corrected chi connectivity index (χ0v) is 11.5. The molecule has 0 heterocycles. The molecule has 2 rings (SSSR count). The second kappa shape index (κ2) is 6.47. The number of nitrogens with zero attached hydrogens (tertiary/aromatic N) is 1. The van der Waals surface area contributed by atoms with Crippen molar-refractivity contribution in [1.29, 1.82) is 0 Å². The molecule has 0 fully saturated rings. The van der Waals surface area contributed by atoms with Gasteiger partial charge in [0, 0.05) is 10.5 Å². The van der Waals surface area contributed by atoms with Crippen molar-refractivity contribution in [2.24, 2.45) is 0 Å². The minimum Gasteiger partial charge on any atom is -0.457 e. The maximum atomic E-state index is 12.5. The van der Waals surface area contributed by atoms with Gasteiger partial charge in [0.2, 0.25) is 5.78 Å². The molecule has 120 valence electrons. The predicted octanol–water partition coefficient (Wildman–Crippen LogP) is 3.96. The van der Waals surface area contributed by atoms with Gasteiger partial charge in [-0.2, -0.15) is 13.2 Å². The van der Waals surface area contributed by atoms with E-state index in [0.717, 1.165) is 24.3 Å². The Kier molecular flexibility index (Phi) is 4.63. The van der Waals surface area contributed by atoms with Crippen LogP contribution in [0.25, 0.3) is 0 Å². The van der Waals surface area contributed by atoms with Gasteiger partial charge < -0.3 is 4.74 Å². The normalized spacial score (nSPS) is 11.1. The summed E-state index contributed by atoms with van der Waals surface area (Å²) in [5.74, 6) is -0.344. The highest BCUT2D eigenvalue weighted by molar-refractivity contribution is 5.97. The van der Waals surface area contributed by atoms with Gasteiger partial charge >= 0.3 is 6.18 Å². The van der Waals surface area contributed by atoms with E-state index in [2.05, 4.69) is 0 Å². The van der Waals surface area contributed by atoms with Gasteiger partial charge in [-0.15, -0.1) is 0 Å². The smallest absolute Gasteiger partial charge is 0.416 e. The number of nitro groups is 1. The number of hydrogen-bond donors (Lipinski definition) is 0. The molecule has 0 N–H and O–H groups in total. The molecule has 0 saturated heterocycles. The summed E-state index contributed by atoms with van der Waals surface area (Å²) in [6.45, 7) is -0.844. The van der Waals surface area contributed by atoms with E-state index in [1.54, 1.807) is 0 Å².